The van der Waals surface area contributed by atoms with Crippen molar-refractivity contribution in [2.75, 3.05) is 61.9 Å². The monoisotopic (exact) mass is 606 g/mol. The van der Waals surface area contributed by atoms with E-state index in [-0.39, 0.29) is 11.8 Å². The van der Waals surface area contributed by atoms with Gasteiger partial charge in [-0.05, 0) is 37.6 Å². The number of halogens is 3. The molecule has 4 N–H and O–H groups in total. The molecule has 0 radical (unpaired) electrons. The highest BCUT2D eigenvalue weighted by Gasteiger charge is 2.38. The minimum atomic E-state index is -5.08. The molecule has 43 heavy (non-hydrogen) atoms. The number of hydrogen-bond donors (Lipinski definition) is 4. The van der Waals surface area contributed by atoms with E-state index in [4.69, 9.17) is 14.6 Å². The summed E-state index contributed by atoms with van der Waals surface area (Å²) in [5.74, 6) is -1.69. The third-order valence-electron chi connectivity index (χ3n) is 7.03. The summed E-state index contributed by atoms with van der Waals surface area (Å²) in [6.45, 7) is 6.39. The summed E-state index contributed by atoms with van der Waals surface area (Å²) in [6, 6.07) is 7.88. The van der Waals surface area contributed by atoms with Gasteiger partial charge >= 0.3 is 12.1 Å². The van der Waals surface area contributed by atoms with Crippen molar-refractivity contribution in [3.8, 4) is 5.75 Å². The fraction of sp³-hybridized carbons (Fsp3) is 0.444. The molecule has 1 atom stereocenters. The number of aliphatic carboxylic acids is 1. The Morgan fingerprint density at radius 1 is 1.14 bits per heavy atom. The van der Waals surface area contributed by atoms with E-state index in [0.717, 1.165) is 50.5 Å². The molecule has 0 aliphatic carbocycles. The van der Waals surface area contributed by atoms with Crippen molar-refractivity contribution in [2.45, 2.75) is 32.0 Å². The Labute approximate surface area is 245 Å². The second-order valence-electron chi connectivity index (χ2n) is 9.96. The molecule has 16 heteroatoms. The molecule has 2 aliphatic rings. The van der Waals surface area contributed by atoms with Crippen LogP contribution in [0.1, 0.15) is 30.1 Å². The topological polar surface area (TPSA) is 153 Å². The van der Waals surface area contributed by atoms with Crippen LogP contribution in [0.2, 0.25) is 0 Å². The van der Waals surface area contributed by atoms with Crippen molar-refractivity contribution >= 4 is 40.6 Å². The number of amides is 2. The van der Waals surface area contributed by atoms with Gasteiger partial charge < -0.3 is 35.6 Å². The number of benzene rings is 1. The fourth-order valence-corrected chi connectivity index (χ4v) is 4.74. The molecule has 2 fully saturated rings. The average molecular weight is 607 g/mol. The van der Waals surface area contributed by atoms with Gasteiger partial charge in [0.2, 0.25) is 5.91 Å². The minimum Gasteiger partial charge on any atom is -0.494 e. The molecule has 2 aromatic heterocycles. The van der Waals surface area contributed by atoms with E-state index >= 15 is 0 Å². The Morgan fingerprint density at radius 3 is 2.47 bits per heavy atom. The van der Waals surface area contributed by atoms with Gasteiger partial charge in [0, 0.05) is 63.6 Å². The Kier molecular flexibility index (Phi) is 9.90. The van der Waals surface area contributed by atoms with Gasteiger partial charge in [0.15, 0.2) is 5.65 Å². The maximum atomic E-state index is 13.2. The van der Waals surface area contributed by atoms with E-state index in [9.17, 15) is 22.8 Å². The summed E-state index contributed by atoms with van der Waals surface area (Å²) in [4.78, 5) is 42.4. The van der Waals surface area contributed by atoms with Gasteiger partial charge in [-0.3, -0.25) is 9.59 Å². The SMILES string of the molecule is COc1cc(N2CCN(C(C)=O)CC2)ccc1NC(=O)c1cnn2ccc(N[C@@H]3CCCNC3)nc12.O=C(O)C(F)(F)F. The van der Waals surface area contributed by atoms with Crippen LogP contribution in [-0.2, 0) is 9.59 Å². The number of fused-ring (bicyclic) bond motifs is 1. The molecule has 2 saturated heterocycles. The highest BCUT2D eigenvalue weighted by molar-refractivity contribution is 6.09. The van der Waals surface area contributed by atoms with Crippen LogP contribution in [0.5, 0.6) is 5.75 Å². The molecule has 5 rings (SSSR count). The molecule has 3 aromatic rings. The number of carboxylic acids is 1. The highest BCUT2D eigenvalue weighted by atomic mass is 19.4. The summed E-state index contributed by atoms with van der Waals surface area (Å²) in [6.07, 6.45) is 0.446. The number of aromatic nitrogens is 3. The number of nitrogens with one attached hydrogen (secondary N) is 3. The van der Waals surface area contributed by atoms with Crippen molar-refractivity contribution in [1.29, 1.82) is 0 Å². The van der Waals surface area contributed by atoms with Crippen molar-refractivity contribution in [3.63, 3.8) is 0 Å². The van der Waals surface area contributed by atoms with Gasteiger partial charge in [-0.2, -0.15) is 18.3 Å². The van der Waals surface area contributed by atoms with Crippen LogP contribution in [0.4, 0.5) is 30.4 Å². The lowest BCUT2D eigenvalue weighted by molar-refractivity contribution is -0.192. The number of carbonyl (C=O) groups is 3. The molecule has 13 nitrogen and oxygen atoms in total. The number of alkyl halides is 3. The quantitative estimate of drug-likeness (QED) is 0.329. The lowest BCUT2D eigenvalue weighted by Crippen LogP contribution is -2.48. The normalized spacial score (nSPS) is 17.1. The molecular weight excluding hydrogens is 573 g/mol. The molecule has 0 unspecified atom stereocenters. The first kappa shape index (κ1) is 31.3. The third-order valence-corrected chi connectivity index (χ3v) is 7.03. The maximum Gasteiger partial charge on any atom is 0.490 e. The molecule has 2 amide bonds. The van der Waals surface area contributed by atoms with Crippen molar-refractivity contribution in [3.05, 3.63) is 42.2 Å². The smallest absolute Gasteiger partial charge is 0.490 e. The average Bonchev–Trinajstić information content (AvgIpc) is 3.41. The number of methoxy groups -OCH3 is 1. The molecule has 0 saturated carbocycles. The molecule has 0 spiro atoms. The number of nitrogens with zero attached hydrogens (tertiary/aromatic N) is 5. The first-order valence-electron chi connectivity index (χ1n) is 13.6. The molecular formula is C27H33F3N8O5. The van der Waals surface area contributed by atoms with E-state index in [2.05, 4.69) is 30.9 Å². The molecule has 1 aromatic carbocycles. The first-order valence-corrected chi connectivity index (χ1v) is 13.6. The van der Waals surface area contributed by atoms with Crippen LogP contribution in [0.25, 0.3) is 5.65 Å². The minimum absolute atomic E-state index is 0.0985. The largest absolute Gasteiger partial charge is 0.494 e. The van der Waals surface area contributed by atoms with Crippen LogP contribution >= 0.6 is 0 Å². The second-order valence-corrected chi connectivity index (χ2v) is 9.96. The highest BCUT2D eigenvalue weighted by Crippen LogP contribution is 2.31. The second kappa shape index (κ2) is 13.6. The van der Waals surface area contributed by atoms with Gasteiger partial charge in [0.05, 0.1) is 19.0 Å². The van der Waals surface area contributed by atoms with E-state index in [1.54, 1.807) is 24.7 Å². The Balaban J connectivity index is 0.000000541. The fourth-order valence-electron chi connectivity index (χ4n) is 4.74. The van der Waals surface area contributed by atoms with Gasteiger partial charge in [0.25, 0.3) is 5.91 Å². The summed E-state index contributed by atoms with van der Waals surface area (Å²) < 4.78 is 38.9. The van der Waals surface area contributed by atoms with Crippen molar-refractivity contribution in [2.24, 2.45) is 0 Å². The van der Waals surface area contributed by atoms with Gasteiger partial charge in [0.1, 0.15) is 17.1 Å². The lowest BCUT2D eigenvalue weighted by Gasteiger charge is -2.35. The Morgan fingerprint density at radius 2 is 1.86 bits per heavy atom. The lowest BCUT2D eigenvalue weighted by atomic mass is 10.1. The number of carboxylic acid groups (broad SMARTS) is 1. The number of piperazine rings is 1. The zero-order chi connectivity index (χ0) is 31.1. The molecule has 0 bridgehead atoms. The van der Waals surface area contributed by atoms with E-state index in [1.165, 1.54) is 6.20 Å². The first-order chi connectivity index (χ1) is 20.5. The van der Waals surface area contributed by atoms with Crippen molar-refractivity contribution < 1.29 is 37.4 Å². The number of hydrogen-bond acceptors (Lipinski definition) is 9. The number of ether oxygens (including phenoxy) is 1. The standard InChI is InChI=1S/C25H32N8O3.C2HF3O2/c1-17(34)31-10-12-32(13-11-31)19-5-6-21(22(14-19)36-2)29-25(35)20-16-27-33-9-7-23(30-24(20)33)28-18-4-3-8-26-15-18;3-2(4,5)1(6)7/h5-7,9,14,16,18,26H,3-4,8,10-13,15H2,1-2H3,(H,28,30)(H,29,35);(H,6,7)/t18-;/m1./s1. The Hall–Kier alpha value is -4.60. The van der Waals surface area contributed by atoms with E-state index in [1.807, 2.05) is 29.2 Å². The van der Waals surface area contributed by atoms with Gasteiger partial charge in [-0.1, -0.05) is 0 Å². The number of carbonyl (C=O) groups excluding carboxylic acids is 2. The predicted octanol–water partition coefficient (Wildman–Crippen LogP) is 2.46. The van der Waals surface area contributed by atoms with Gasteiger partial charge in [-0.15, -0.1) is 0 Å². The number of rotatable bonds is 6. The van der Waals surface area contributed by atoms with Crippen molar-refractivity contribution in [1.82, 2.24) is 24.8 Å². The summed E-state index contributed by atoms with van der Waals surface area (Å²) in [7, 11) is 1.58. The van der Waals surface area contributed by atoms with E-state index in [0.29, 0.717) is 41.8 Å². The van der Waals surface area contributed by atoms with Gasteiger partial charge in [-0.25, -0.2) is 14.3 Å². The number of piperidine rings is 1. The summed E-state index contributed by atoms with van der Waals surface area (Å²) >= 11 is 0. The van der Waals surface area contributed by atoms with Crippen LogP contribution in [0, 0.1) is 0 Å². The third kappa shape index (κ3) is 8.03. The maximum absolute atomic E-state index is 13.2. The van der Waals surface area contributed by atoms with Crippen LogP contribution in [0.15, 0.2) is 36.7 Å². The molecule has 232 valence electrons. The zero-order valence-electron chi connectivity index (χ0n) is 23.6. The van der Waals surface area contributed by atoms with Crippen LogP contribution in [-0.4, -0.2) is 101 Å². The zero-order valence-corrected chi connectivity index (χ0v) is 23.6. The van der Waals surface area contributed by atoms with E-state index < -0.39 is 12.1 Å². The van der Waals surface area contributed by atoms with Crippen LogP contribution < -0.4 is 25.6 Å². The summed E-state index contributed by atoms with van der Waals surface area (Å²) in [5, 5.41) is 21.2. The molecule has 4 heterocycles. The predicted molar refractivity (Wildman–Crippen MR) is 152 cm³/mol. The number of anilines is 3. The molecule has 2 aliphatic heterocycles. The summed E-state index contributed by atoms with van der Waals surface area (Å²) in [5.41, 5.74) is 2.42. The Bertz CT molecular complexity index is 1450. The van der Waals surface area contributed by atoms with Crippen LogP contribution in [0.3, 0.4) is 0 Å².